The van der Waals surface area contributed by atoms with Gasteiger partial charge in [-0.15, -0.1) is 0 Å². The summed E-state index contributed by atoms with van der Waals surface area (Å²) in [5.74, 6) is -4.75. The fourth-order valence-electron chi connectivity index (χ4n) is 2.13. The highest BCUT2D eigenvalue weighted by molar-refractivity contribution is 7.93. The summed E-state index contributed by atoms with van der Waals surface area (Å²) in [4.78, 5) is 3.77. The molecule has 3 rings (SSSR count). The molecule has 0 fully saturated rings. The number of nitrogens with one attached hydrogen (secondary N) is 1. The van der Waals surface area contributed by atoms with Crippen molar-refractivity contribution < 1.29 is 21.6 Å². The third kappa shape index (κ3) is 2.72. The second-order valence-electron chi connectivity index (χ2n) is 4.68. The number of nitrogens with zero attached hydrogens (tertiary/aromatic N) is 1. The maximum absolute atomic E-state index is 13.7. The Morgan fingerprint density at radius 1 is 0.957 bits per heavy atom. The smallest absolute Gasteiger partial charge is 0.262 e. The molecule has 0 bridgehead atoms. The van der Waals surface area contributed by atoms with E-state index in [2.05, 4.69) is 4.98 Å². The Balaban J connectivity index is 2.10. The van der Waals surface area contributed by atoms with E-state index in [1.54, 1.807) is 6.07 Å². The highest BCUT2D eigenvalue weighted by Gasteiger charge is 2.21. The van der Waals surface area contributed by atoms with Crippen molar-refractivity contribution in [3.63, 3.8) is 0 Å². The van der Waals surface area contributed by atoms with Gasteiger partial charge in [0.1, 0.15) is 0 Å². The topological polar surface area (TPSA) is 59.1 Å². The number of anilines is 1. The fourth-order valence-corrected chi connectivity index (χ4v) is 3.42. The van der Waals surface area contributed by atoms with Gasteiger partial charge in [0.2, 0.25) is 0 Å². The van der Waals surface area contributed by atoms with Gasteiger partial charge in [0, 0.05) is 23.2 Å². The molecule has 0 spiro atoms. The van der Waals surface area contributed by atoms with Crippen molar-refractivity contribution in [1.29, 1.82) is 0 Å². The van der Waals surface area contributed by atoms with E-state index < -0.39 is 33.2 Å². The van der Waals surface area contributed by atoms with Crippen LogP contribution in [0.1, 0.15) is 0 Å². The van der Waals surface area contributed by atoms with Crippen molar-refractivity contribution >= 4 is 26.5 Å². The van der Waals surface area contributed by atoms with Gasteiger partial charge in [-0.25, -0.2) is 21.6 Å². The van der Waals surface area contributed by atoms with E-state index in [0.717, 1.165) is 6.07 Å². The average Bonchev–Trinajstić information content (AvgIpc) is 2.55. The van der Waals surface area contributed by atoms with E-state index in [4.69, 9.17) is 0 Å². The van der Waals surface area contributed by atoms with Gasteiger partial charge in [0.05, 0.1) is 10.6 Å². The van der Waals surface area contributed by atoms with Gasteiger partial charge in [0.25, 0.3) is 10.0 Å². The van der Waals surface area contributed by atoms with Crippen LogP contribution in [0.15, 0.2) is 53.7 Å². The zero-order valence-corrected chi connectivity index (χ0v) is 12.2. The first-order valence-electron chi connectivity index (χ1n) is 6.39. The molecule has 0 radical (unpaired) electrons. The van der Waals surface area contributed by atoms with E-state index in [1.807, 2.05) is 4.72 Å². The Morgan fingerprint density at radius 2 is 1.74 bits per heavy atom. The first-order valence-corrected chi connectivity index (χ1v) is 7.87. The maximum atomic E-state index is 13.7. The minimum absolute atomic E-state index is 0.124. The van der Waals surface area contributed by atoms with Crippen molar-refractivity contribution in [2.75, 3.05) is 4.72 Å². The number of sulfonamides is 1. The van der Waals surface area contributed by atoms with Gasteiger partial charge in [-0.1, -0.05) is 12.1 Å². The molecule has 1 aromatic heterocycles. The Hall–Kier alpha value is -2.61. The van der Waals surface area contributed by atoms with Gasteiger partial charge in [-0.2, -0.15) is 0 Å². The number of aromatic nitrogens is 1. The second-order valence-corrected chi connectivity index (χ2v) is 6.33. The molecule has 1 N–H and O–H groups in total. The molecule has 0 saturated heterocycles. The summed E-state index contributed by atoms with van der Waals surface area (Å²) in [5.41, 5.74) is -0.671. The highest BCUT2D eigenvalue weighted by atomic mass is 32.2. The Bertz CT molecular complexity index is 1000. The van der Waals surface area contributed by atoms with Crippen LogP contribution < -0.4 is 4.72 Å². The lowest BCUT2D eigenvalue weighted by Gasteiger charge is -2.11. The zero-order valence-electron chi connectivity index (χ0n) is 11.4. The number of pyridine rings is 1. The van der Waals surface area contributed by atoms with E-state index in [9.17, 15) is 21.6 Å². The molecule has 23 heavy (non-hydrogen) atoms. The quantitative estimate of drug-likeness (QED) is 0.744. The lowest BCUT2D eigenvalue weighted by atomic mass is 10.2. The third-order valence-electron chi connectivity index (χ3n) is 3.21. The lowest BCUT2D eigenvalue weighted by molar-refractivity contribution is 0.449. The summed E-state index contributed by atoms with van der Waals surface area (Å²) in [6, 6.07) is 7.44. The molecule has 0 saturated carbocycles. The molecule has 0 aliphatic rings. The lowest BCUT2D eigenvalue weighted by Crippen LogP contribution is -2.15. The van der Waals surface area contributed by atoms with Crippen LogP contribution in [0.4, 0.5) is 18.9 Å². The number of halogens is 3. The number of hydrogen-bond acceptors (Lipinski definition) is 3. The monoisotopic (exact) mass is 338 g/mol. The SMILES string of the molecule is O=S(=O)(Nc1ccc(F)c(F)c1F)c1cccc2cnccc12. The third-order valence-corrected chi connectivity index (χ3v) is 4.63. The molecule has 8 heteroatoms. The molecule has 0 aliphatic heterocycles. The van der Waals surface area contributed by atoms with Gasteiger partial charge < -0.3 is 0 Å². The maximum Gasteiger partial charge on any atom is 0.262 e. The molecule has 0 amide bonds. The van der Waals surface area contributed by atoms with Crippen LogP contribution in [0.2, 0.25) is 0 Å². The van der Waals surface area contributed by atoms with Crippen LogP contribution in [-0.2, 0) is 10.0 Å². The Kier molecular flexibility index (Phi) is 3.69. The second kappa shape index (κ2) is 5.54. The Morgan fingerprint density at radius 3 is 2.52 bits per heavy atom. The number of rotatable bonds is 3. The molecule has 118 valence electrons. The van der Waals surface area contributed by atoms with Crippen LogP contribution in [0, 0.1) is 17.5 Å². The Labute approximate surface area is 129 Å². The van der Waals surface area contributed by atoms with Crippen LogP contribution in [0.5, 0.6) is 0 Å². The highest BCUT2D eigenvalue weighted by Crippen LogP contribution is 2.26. The predicted octanol–water partition coefficient (Wildman–Crippen LogP) is 3.45. The van der Waals surface area contributed by atoms with Gasteiger partial charge in [0.15, 0.2) is 17.5 Å². The summed E-state index contributed by atoms with van der Waals surface area (Å²) in [6.07, 6.45) is 2.89. The number of benzene rings is 2. The van der Waals surface area contributed by atoms with Gasteiger partial charge in [-0.05, 0) is 24.3 Å². The largest absolute Gasteiger partial charge is 0.277 e. The van der Waals surface area contributed by atoms with Crippen LogP contribution in [0.3, 0.4) is 0 Å². The van der Waals surface area contributed by atoms with Crippen molar-refractivity contribution in [1.82, 2.24) is 4.98 Å². The van der Waals surface area contributed by atoms with Crippen molar-refractivity contribution in [3.8, 4) is 0 Å². The summed E-state index contributed by atoms with van der Waals surface area (Å²) in [6.45, 7) is 0. The molecular weight excluding hydrogens is 329 g/mol. The van der Waals surface area contributed by atoms with E-state index >= 15 is 0 Å². The molecule has 0 aliphatic carbocycles. The first kappa shape index (κ1) is 15.3. The number of fused-ring (bicyclic) bond motifs is 1. The molecule has 4 nitrogen and oxygen atoms in total. The van der Waals surface area contributed by atoms with Crippen LogP contribution in [-0.4, -0.2) is 13.4 Å². The van der Waals surface area contributed by atoms with E-state index in [0.29, 0.717) is 16.8 Å². The molecule has 1 heterocycles. The van der Waals surface area contributed by atoms with Crippen molar-refractivity contribution in [2.24, 2.45) is 0 Å². The summed E-state index contributed by atoms with van der Waals surface area (Å²) in [7, 11) is -4.20. The molecule has 3 aromatic rings. The van der Waals surface area contributed by atoms with E-state index in [1.165, 1.54) is 30.6 Å². The van der Waals surface area contributed by atoms with Gasteiger partial charge >= 0.3 is 0 Å². The fraction of sp³-hybridized carbons (Fsp3) is 0. The molecule has 0 unspecified atom stereocenters. The van der Waals surface area contributed by atoms with Crippen LogP contribution in [0.25, 0.3) is 10.8 Å². The standard InChI is InChI=1S/C15H9F3N2O2S/c16-11-4-5-12(15(18)14(11)17)20-23(21,22)13-3-1-2-9-8-19-7-6-10(9)13/h1-8,20H. The first-order chi connectivity index (χ1) is 10.9. The summed E-state index contributed by atoms with van der Waals surface area (Å²) in [5, 5.41) is 0.944. The molecule has 2 aromatic carbocycles. The zero-order chi connectivity index (χ0) is 16.6. The minimum atomic E-state index is -4.20. The average molecular weight is 338 g/mol. The van der Waals surface area contributed by atoms with Gasteiger partial charge in [-0.3, -0.25) is 9.71 Å². The normalized spacial score (nSPS) is 11.6. The predicted molar refractivity (Wildman–Crippen MR) is 78.9 cm³/mol. The van der Waals surface area contributed by atoms with E-state index in [-0.39, 0.29) is 4.90 Å². The summed E-state index contributed by atoms with van der Waals surface area (Å²) < 4.78 is 66.7. The van der Waals surface area contributed by atoms with Crippen molar-refractivity contribution in [3.05, 3.63) is 66.2 Å². The molecular formula is C15H9F3N2O2S. The number of hydrogen-bond donors (Lipinski definition) is 1. The summed E-state index contributed by atoms with van der Waals surface area (Å²) >= 11 is 0. The van der Waals surface area contributed by atoms with Crippen LogP contribution >= 0.6 is 0 Å². The molecule has 0 atom stereocenters. The minimum Gasteiger partial charge on any atom is -0.277 e. The van der Waals surface area contributed by atoms with Crippen molar-refractivity contribution in [2.45, 2.75) is 4.90 Å².